The van der Waals surface area contributed by atoms with Gasteiger partial charge in [-0.3, -0.25) is 4.79 Å². The third kappa shape index (κ3) is 6.30. The lowest BCUT2D eigenvalue weighted by atomic mass is 10.0. The van der Waals surface area contributed by atoms with Gasteiger partial charge in [-0.25, -0.2) is 19.4 Å². The topological polar surface area (TPSA) is 154 Å². The Hall–Kier alpha value is -4.26. The van der Waals surface area contributed by atoms with E-state index in [-0.39, 0.29) is 53.5 Å². The van der Waals surface area contributed by atoms with Crippen molar-refractivity contribution in [2.45, 2.75) is 24.9 Å². The lowest BCUT2D eigenvalue weighted by Crippen LogP contribution is -2.50. The number of amides is 3. The van der Waals surface area contributed by atoms with Crippen LogP contribution < -0.4 is 25.4 Å². The van der Waals surface area contributed by atoms with Crippen molar-refractivity contribution in [2.75, 3.05) is 31.1 Å². The molecule has 3 heterocycles. The summed E-state index contributed by atoms with van der Waals surface area (Å²) in [6.45, 7) is 3.19. The van der Waals surface area contributed by atoms with Gasteiger partial charge < -0.3 is 34.9 Å². The molecule has 12 nitrogen and oxygen atoms in total. The molecule has 0 spiro atoms. The fourth-order valence-corrected chi connectivity index (χ4v) is 4.36. The third-order valence-corrected chi connectivity index (χ3v) is 6.21. The van der Waals surface area contributed by atoms with Crippen molar-refractivity contribution in [2.24, 2.45) is 0 Å². The summed E-state index contributed by atoms with van der Waals surface area (Å²) in [7, 11) is 0. The highest BCUT2D eigenvalue weighted by atomic mass is 32.2. The van der Waals surface area contributed by atoms with Gasteiger partial charge in [0.25, 0.3) is 0 Å². The smallest absolute Gasteiger partial charge is 0.341 e. The molecule has 13 heteroatoms. The number of ether oxygens (including phenoxy) is 4. The molecule has 3 N–H and O–H groups in total. The van der Waals surface area contributed by atoms with Crippen LogP contribution in [0.5, 0.6) is 11.5 Å². The number of nitrogens with zero attached hydrogens (tertiary/aromatic N) is 1. The standard InChI is InChI=1S/C24H24N4O8S/c1-3-33-23(31)20-13(2)26-24(32)28-16(20)10-34-22(30)15-5-4-8-25-21(15)37-11-19(29)27-14-6-7-17-18(9-14)36-12-35-17/h4-9,13H,3,10-12H2,1-2H3,(H,27,29)(H2,26,28,32). The van der Waals surface area contributed by atoms with Crippen LogP contribution in [0.25, 0.3) is 0 Å². The summed E-state index contributed by atoms with van der Waals surface area (Å²) in [4.78, 5) is 53.8. The number of esters is 2. The minimum Gasteiger partial charge on any atom is -0.463 e. The molecule has 4 rings (SSSR count). The van der Waals surface area contributed by atoms with Gasteiger partial charge in [-0.05, 0) is 38.1 Å². The Labute approximate surface area is 216 Å². The van der Waals surface area contributed by atoms with Crippen LogP contribution in [0.15, 0.2) is 52.8 Å². The maximum atomic E-state index is 12.8. The summed E-state index contributed by atoms with van der Waals surface area (Å²) in [6, 6.07) is 6.97. The summed E-state index contributed by atoms with van der Waals surface area (Å²) in [6.07, 6.45) is 1.49. The summed E-state index contributed by atoms with van der Waals surface area (Å²) in [5.41, 5.74) is 0.967. The van der Waals surface area contributed by atoms with Crippen molar-refractivity contribution in [1.82, 2.24) is 15.6 Å². The van der Waals surface area contributed by atoms with Crippen molar-refractivity contribution in [3.05, 3.63) is 53.4 Å². The maximum Gasteiger partial charge on any atom is 0.341 e. The van der Waals surface area contributed by atoms with Gasteiger partial charge in [-0.2, -0.15) is 0 Å². The molecule has 2 aliphatic heterocycles. The zero-order chi connectivity index (χ0) is 26.4. The molecule has 3 amide bonds. The van der Waals surface area contributed by atoms with E-state index in [1.54, 1.807) is 38.1 Å². The van der Waals surface area contributed by atoms with Gasteiger partial charge in [0, 0.05) is 18.0 Å². The van der Waals surface area contributed by atoms with Crippen LogP contribution in [0.4, 0.5) is 10.5 Å². The number of hydrogen-bond acceptors (Lipinski definition) is 10. The number of carbonyl (C=O) groups is 4. The SMILES string of the molecule is CCOC(=O)C1=C(COC(=O)c2cccnc2SCC(=O)Nc2ccc3c(c2)OCO3)NC(=O)NC1C. The summed E-state index contributed by atoms with van der Waals surface area (Å²) >= 11 is 1.06. The number of thioether (sulfide) groups is 1. The van der Waals surface area contributed by atoms with Crippen molar-refractivity contribution >= 4 is 41.3 Å². The normalized spacial score (nSPS) is 15.9. The number of hydrogen-bond donors (Lipinski definition) is 3. The monoisotopic (exact) mass is 528 g/mol. The largest absolute Gasteiger partial charge is 0.463 e. The van der Waals surface area contributed by atoms with Crippen LogP contribution in [0.1, 0.15) is 24.2 Å². The average molecular weight is 529 g/mol. The van der Waals surface area contributed by atoms with Crippen LogP contribution in [-0.2, 0) is 19.1 Å². The predicted molar refractivity (Wildman–Crippen MR) is 131 cm³/mol. The number of anilines is 1. The Balaban J connectivity index is 1.39. The highest BCUT2D eigenvalue weighted by Crippen LogP contribution is 2.34. The number of benzene rings is 1. The highest BCUT2D eigenvalue weighted by molar-refractivity contribution is 8.00. The van der Waals surface area contributed by atoms with E-state index in [4.69, 9.17) is 18.9 Å². The molecule has 0 fully saturated rings. The second-order valence-electron chi connectivity index (χ2n) is 7.77. The van der Waals surface area contributed by atoms with Crippen LogP contribution in [0.2, 0.25) is 0 Å². The Morgan fingerprint density at radius 2 is 1.97 bits per heavy atom. The first-order valence-corrected chi connectivity index (χ1v) is 12.3. The molecule has 0 bridgehead atoms. The second kappa shape index (κ2) is 11.6. The molecule has 1 aromatic heterocycles. The van der Waals surface area contributed by atoms with Gasteiger partial charge in [0.05, 0.1) is 35.2 Å². The molecule has 0 saturated carbocycles. The molecule has 0 radical (unpaired) electrons. The third-order valence-electron chi connectivity index (χ3n) is 5.20. The minimum absolute atomic E-state index is 0.0247. The van der Waals surface area contributed by atoms with E-state index in [1.165, 1.54) is 12.3 Å². The maximum absolute atomic E-state index is 12.8. The van der Waals surface area contributed by atoms with E-state index >= 15 is 0 Å². The van der Waals surface area contributed by atoms with Gasteiger partial charge in [0.2, 0.25) is 12.7 Å². The zero-order valence-corrected chi connectivity index (χ0v) is 20.8. The molecule has 0 saturated heterocycles. The first kappa shape index (κ1) is 25.8. The van der Waals surface area contributed by atoms with Crippen LogP contribution in [0, 0.1) is 0 Å². The molecule has 2 aliphatic rings. The molecule has 1 aromatic carbocycles. The molecule has 2 aromatic rings. The number of nitrogens with one attached hydrogen (secondary N) is 3. The number of pyridine rings is 1. The van der Waals surface area contributed by atoms with Crippen molar-refractivity contribution in [3.63, 3.8) is 0 Å². The Morgan fingerprint density at radius 3 is 2.78 bits per heavy atom. The molecule has 194 valence electrons. The Morgan fingerprint density at radius 1 is 1.16 bits per heavy atom. The van der Waals surface area contributed by atoms with E-state index < -0.39 is 24.0 Å². The van der Waals surface area contributed by atoms with Crippen LogP contribution >= 0.6 is 11.8 Å². The van der Waals surface area contributed by atoms with Crippen molar-refractivity contribution < 1.29 is 38.1 Å². The first-order valence-electron chi connectivity index (χ1n) is 11.3. The van der Waals surface area contributed by atoms with Gasteiger partial charge in [0.1, 0.15) is 11.6 Å². The molecule has 1 unspecified atom stereocenters. The molecular formula is C24H24N4O8S. The minimum atomic E-state index is -0.733. The van der Waals surface area contributed by atoms with Crippen molar-refractivity contribution in [3.8, 4) is 11.5 Å². The van der Waals surface area contributed by atoms with Crippen molar-refractivity contribution in [1.29, 1.82) is 0 Å². The number of fused-ring (bicyclic) bond motifs is 1. The average Bonchev–Trinajstić information content (AvgIpc) is 3.34. The molecule has 0 aliphatic carbocycles. The summed E-state index contributed by atoms with van der Waals surface area (Å²) < 4.78 is 21.0. The Bertz CT molecular complexity index is 1270. The summed E-state index contributed by atoms with van der Waals surface area (Å²) in [5.74, 6) is -0.552. The lowest BCUT2D eigenvalue weighted by Gasteiger charge is -2.26. The number of aromatic nitrogens is 1. The highest BCUT2D eigenvalue weighted by Gasteiger charge is 2.30. The van der Waals surface area contributed by atoms with E-state index in [0.717, 1.165) is 11.8 Å². The zero-order valence-electron chi connectivity index (χ0n) is 20.0. The van der Waals surface area contributed by atoms with Crippen LogP contribution in [0.3, 0.4) is 0 Å². The van der Waals surface area contributed by atoms with E-state index in [9.17, 15) is 19.2 Å². The van der Waals surface area contributed by atoms with Gasteiger partial charge in [0.15, 0.2) is 11.5 Å². The Kier molecular flexibility index (Phi) is 8.13. The molecular weight excluding hydrogens is 504 g/mol. The van der Waals surface area contributed by atoms with E-state index in [0.29, 0.717) is 17.2 Å². The van der Waals surface area contributed by atoms with E-state index in [1.807, 2.05) is 0 Å². The first-order chi connectivity index (χ1) is 17.9. The quantitative estimate of drug-likeness (QED) is 0.326. The van der Waals surface area contributed by atoms with Gasteiger partial charge >= 0.3 is 18.0 Å². The predicted octanol–water partition coefficient (Wildman–Crippen LogP) is 2.22. The summed E-state index contributed by atoms with van der Waals surface area (Å²) in [5, 5.41) is 8.11. The van der Waals surface area contributed by atoms with Crippen LogP contribution in [-0.4, -0.2) is 60.7 Å². The van der Waals surface area contributed by atoms with E-state index in [2.05, 4.69) is 20.9 Å². The van der Waals surface area contributed by atoms with Gasteiger partial charge in [-0.1, -0.05) is 11.8 Å². The lowest BCUT2D eigenvalue weighted by molar-refractivity contribution is -0.139. The fraction of sp³-hybridized carbons (Fsp3) is 0.292. The molecule has 1 atom stereocenters. The molecule has 37 heavy (non-hydrogen) atoms. The number of rotatable bonds is 9. The number of carbonyl (C=O) groups excluding carboxylic acids is 4. The van der Waals surface area contributed by atoms with Gasteiger partial charge in [-0.15, -0.1) is 0 Å². The number of urea groups is 1. The second-order valence-corrected chi connectivity index (χ2v) is 8.73. The fourth-order valence-electron chi connectivity index (χ4n) is 3.58.